The van der Waals surface area contributed by atoms with Gasteiger partial charge in [0.15, 0.2) is 0 Å². The Kier molecular flexibility index (Phi) is 2.33. The number of likely N-dealkylation sites (tertiary alicyclic amines) is 1. The van der Waals surface area contributed by atoms with E-state index >= 15 is 0 Å². The van der Waals surface area contributed by atoms with Gasteiger partial charge in [0.05, 0.1) is 0 Å². The Balaban J connectivity index is 2.09. The lowest BCUT2D eigenvalue weighted by molar-refractivity contribution is 0.0951. The smallest absolute Gasteiger partial charge is 0.251 e. The average Bonchev–Trinajstić information content (AvgIpc) is 2.62. The van der Waals surface area contributed by atoms with Gasteiger partial charge in [0.2, 0.25) is 0 Å². The van der Waals surface area contributed by atoms with Gasteiger partial charge < -0.3 is 15.3 Å². The maximum Gasteiger partial charge on any atom is 0.251 e. The van der Waals surface area contributed by atoms with E-state index in [4.69, 9.17) is 0 Å². The van der Waals surface area contributed by atoms with Gasteiger partial charge >= 0.3 is 0 Å². The standard InChI is InChI=1S/C13H16N2O2/c1-15-6-8-5-14-13(17)11-4-9(16)2-3-10(11)12(8)7-15/h2-4,8,12,16H,5-7H2,1H3,(H,14,17). The molecular weight excluding hydrogens is 216 g/mol. The van der Waals surface area contributed by atoms with Crippen LogP contribution < -0.4 is 5.32 Å². The summed E-state index contributed by atoms with van der Waals surface area (Å²) in [5.41, 5.74) is 1.71. The molecular formula is C13H16N2O2. The van der Waals surface area contributed by atoms with E-state index in [2.05, 4.69) is 17.3 Å². The van der Waals surface area contributed by atoms with Crippen molar-refractivity contribution in [3.05, 3.63) is 29.3 Å². The highest BCUT2D eigenvalue weighted by molar-refractivity contribution is 5.96. The second kappa shape index (κ2) is 3.74. The molecule has 2 N–H and O–H groups in total. The summed E-state index contributed by atoms with van der Waals surface area (Å²) in [5.74, 6) is 0.973. The number of aromatic hydroxyl groups is 1. The van der Waals surface area contributed by atoms with Gasteiger partial charge in [0.1, 0.15) is 5.75 Å². The van der Waals surface area contributed by atoms with Crippen molar-refractivity contribution in [2.75, 3.05) is 26.7 Å². The Morgan fingerprint density at radius 1 is 1.41 bits per heavy atom. The van der Waals surface area contributed by atoms with E-state index < -0.39 is 0 Å². The minimum atomic E-state index is -0.0621. The summed E-state index contributed by atoms with van der Waals surface area (Å²) >= 11 is 0. The maximum absolute atomic E-state index is 11.9. The van der Waals surface area contributed by atoms with Crippen LogP contribution in [0.25, 0.3) is 0 Å². The van der Waals surface area contributed by atoms with E-state index in [1.807, 2.05) is 6.07 Å². The molecule has 4 heteroatoms. The monoisotopic (exact) mass is 232 g/mol. The second-order valence-electron chi connectivity index (χ2n) is 5.07. The molecule has 1 amide bonds. The summed E-state index contributed by atoms with van der Waals surface area (Å²) in [6.45, 7) is 2.73. The topological polar surface area (TPSA) is 52.6 Å². The molecule has 0 spiro atoms. The minimum absolute atomic E-state index is 0.0621. The van der Waals surface area contributed by atoms with Gasteiger partial charge in [-0.25, -0.2) is 0 Å². The Morgan fingerprint density at radius 2 is 2.24 bits per heavy atom. The van der Waals surface area contributed by atoms with Crippen LogP contribution in [0, 0.1) is 5.92 Å². The number of likely N-dealkylation sites (N-methyl/N-ethyl adjacent to an activating group) is 1. The highest BCUT2D eigenvalue weighted by atomic mass is 16.3. The first kappa shape index (κ1) is 10.6. The molecule has 1 saturated heterocycles. The van der Waals surface area contributed by atoms with Crippen LogP contribution in [0.15, 0.2) is 18.2 Å². The first-order valence-electron chi connectivity index (χ1n) is 5.95. The Morgan fingerprint density at radius 3 is 3.06 bits per heavy atom. The van der Waals surface area contributed by atoms with Crippen molar-refractivity contribution in [1.82, 2.24) is 10.2 Å². The van der Waals surface area contributed by atoms with E-state index in [-0.39, 0.29) is 11.7 Å². The number of nitrogens with one attached hydrogen (secondary N) is 1. The quantitative estimate of drug-likeness (QED) is 0.695. The van der Waals surface area contributed by atoms with Crippen molar-refractivity contribution >= 4 is 5.91 Å². The van der Waals surface area contributed by atoms with Gasteiger partial charge in [0, 0.05) is 31.1 Å². The van der Waals surface area contributed by atoms with E-state index in [9.17, 15) is 9.90 Å². The molecule has 0 bridgehead atoms. The van der Waals surface area contributed by atoms with Gasteiger partial charge in [-0.2, -0.15) is 0 Å². The van der Waals surface area contributed by atoms with E-state index in [1.165, 1.54) is 0 Å². The van der Waals surface area contributed by atoms with Crippen molar-refractivity contribution < 1.29 is 9.90 Å². The number of phenolic OH excluding ortho intramolecular Hbond substituents is 1. The maximum atomic E-state index is 11.9. The van der Waals surface area contributed by atoms with Crippen LogP contribution >= 0.6 is 0 Å². The van der Waals surface area contributed by atoms with E-state index in [0.717, 1.165) is 25.2 Å². The third-order valence-corrected chi connectivity index (χ3v) is 3.83. The number of hydrogen-bond acceptors (Lipinski definition) is 3. The zero-order chi connectivity index (χ0) is 12.0. The van der Waals surface area contributed by atoms with Crippen LogP contribution in [0.1, 0.15) is 21.8 Å². The van der Waals surface area contributed by atoms with Crippen molar-refractivity contribution in [3.8, 4) is 5.75 Å². The van der Waals surface area contributed by atoms with Crippen LogP contribution in [0.5, 0.6) is 5.75 Å². The van der Waals surface area contributed by atoms with Crippen LogP contribution in [0.2, 0.25) is 0 Å². The third kappa shape index (κ3) is 1.69. The fraction of sp³-hybridized carbons (Fsp3) is 0.462. The molecule has 3 rings (SSSR count). The first-order valence-corrected chi connectivity index (χ1v) is 5.95. The number of nitrogens with zero attached hydrogens (tertiary/aromatic N) is 1. The SMILES string of the molecule is CN1CC2CNC(=O)c3cc(O)ccc3C2C1. The minimum Gasteiger partial charge on any atom is -0.508 e. The summed E-state index contributed by atoms with van der Waals surface area (Å²) in [6, 6.07) is 5.14. The molecule has 17 heavy (non-hydrogen) atoms. The molecule has 1 fully saturated rings. The molecule has 2 heterocycles. The van der Waals surface area contributed by atoms with E-state index in [1.54, 1.807) is 12.1 Å². The fourth-order valence-electron chi connectivity index (χ4n) is 3.03. The molecule has 0 saturated carbocycles. The predicted molar refractivity (Wildman–Crippen MR) is 64.2 cm³/mol. The third-order valence-electron chi connectivity index (χ3n) is 3.83. The zero-order valence-electron chi connectivity index (χ0n) is 9.81. The highest BCUT2D eigenvalue weighted by Crippen LogP contribution is 2.36. The highest BCUT2D eigenvalue weighted by Gasteiger charge is 2.36. The molecule has 2 aliphatic heterocycles. The Labute approximate surface area is 100 Å². The molecule has 1 aromatic carbocycles. The normalized spacial score (nSPS) is 28.2. The number of benzene rings is 1. The summed E-state index contributed by atoms with van der Waals surface area (Å²) in [6.07, 6.45) is 0. The molecule has 2 aliphatic rings. The lowest BCUT2D eigenvalue weighted by Crippen LogP contribution is -2.29. The molecule has 2 atom stereocenters. The van der Waals surface area contributed by atoms with Crippen molar-refractivity contribution in [2.45, 2.75) is 5.92 Å². The lowest BCUT2D eigenvalue weighted by atomic mass is 9.87. The van der Waals surface area contributed by atoms with Crippen LogP contribution in [0.4, 0.5) is 0 Å². The van der Waals surface area contributed by atoms with Crippen molar-refractivity contribution in [1.29, 1.82) is 0 Å². The largest absolute Gasteiger partial charge is 0.508 e. The molecule has 1 aromatic rings. The van der Waals surface area contributed by atoms with Gasteiger partial charge in [-0.05, 0) is 30.7 Å². The summed E-state index contributed by atoms with van der Waals surface area (Å²) < 4.78 is 0. The molecule has 4 nitrogen and oxygen atoms in total. The first-order chi connectivity index (χ1) is 8.15. The molecule has 90 valence electrons. The fourth-order valence-corrected chi connectivity index (χ4v) is 3.03. The van der Waals surface area contributed by atoms with Gasteiger partial charge in [-0.3, -0.25) is 4.79 Å². The van der Waals surface area contributed by atoms with Crippen molar-refractivity contribution in [3.63, 3.8) is 0 Å². The van der Waals surface area contributed by atoms with Crippen LogP contribution in [0.3, 0.4) is 0 Å². The number of phenols is 1. The summed E-state index contributed by atoms with van der Waals surface area (Å²) in [7, 11) is 2.11. The number of carbonyl (C=O) groups excluding carboxylic acids is 1. The molecule has 0 radical (unpaired) electrons. The number of rotatable bonds is 0. The van der Waals surface area contributed by atoms with Crippen LogP contribution in [-0.2, 0) is 0 Å². The van der Waals surface area contributed by atoms with Gasteiger partial charge in [-0.15, -0.1) is 0 Å². The summed E-state index contributed by atoms with van der Waals surface area (Å²) in [5, 5.41) is 12.4. The molecule has 0 aromatic heterocycles. The second-order valence-corrected chi connectivity index (χ2v) is 5.07. The lowest BCUT2D eigenvalue weighted by Gasteiger charge is -2.16. The average molecular weight is 232 g/mol. The van der Waals surface area contributed by atoms with Gasteiger partial charge in [0.25, 0.3) is 5.91 Å². The number of hydrogen-bond donors (Lipinski definition) is 2. The number of amides is 1. The number of fused-ring (bicyclic) bond motifs is 3. The van der Waals surface area contributed by atoms with Gasteiger partial charge in [-0.1, -0.05) is 6.07 Å². The zero-order valence-corrected chi connectivity index (χ0v) is 9.81. The summed E-state index contributed by atoms with van der Waals surface area (Å²) in [4.78, 5) is 14.2. The van der Waals surface area contributed by atoms with E-state index in [0.29, 0.717) is 17.4 Å². The van der Waals surface area contributed by atoms with Crippen LogP contribution in [-0.4, -0.2) is 42.6 Å². The Bertz CT molecular complexity index is 472. The molecule has 2 unspecified atom stereocenters. The molecule has 0 aliphatic carbocycles. The predicted octanol–water partition coefficient (Wildman–Crippen LogP) is 0.781. The van der Waals surface area contributed by atoms with Crippen molar-refractivity contribution in [2.24, 2.45) is 5.92 Å². The number of carbonyl (C=O) groups is 1. The Hall–Kier alpha value is -1.55.